The fourth-order valence-corrected chi connectivity index (χ4v) is 11.5. The fraction of sp³-hybridized carbons (Fsp3) is 0.123. The Kier molecular flexibility index (Phi) is 9.29. The number of fused-ring (bicyclic) bond motifs is 9. The minimum Gasteiger partial charge on any atom is -0.354 e. The third kappa shape index (κ3) is 5.40. The largest absolute Gasteiger partial charge is 0.354 e. The third-order valence-electron chi connectivity index (χ3n) is 14.3. The summed E-state index contributed by atoms with van der Waals surface area (Å²) in [4.78, 5) is 33.2. The molecule has 324 valence electrons. The first-order valence-corrected chi connectivity index (χ1v) is 22.1. The summed E-state index contributed by atoms with van der Waals surface area (Å²) < 4.78 is 4.14. The number of hydrogen-bond acceptors (Lipinski definition) is 7. The van der Waals surface area contributed by atoms with Crippen molar-refractivity contribution >= 4 is 0 Å². The standard InChI is InChI=1S/C57H39N9.Pt/c1-36(2)37-10-23-64-54(26-37)56(50-13-19-60-31-44(50)45-32-61-20-14-51(45)56)40-8-4-6-38(27-40)55(48-11-17-58-29-42(48)43-30-59-18-12-49(43)55)39-7-5-9-41(28-39)57(66-25-24-65(3)35-66)52-15-21-62-33-46(52)47-34-63-22-16-53(47)57;/h4-26,29-34,36H,1-3H3;/q-2;. The average molecular weight is 1050 g/mol. The molecule has 9 nitrogen and oxygen atoms in total. The van der Waals surface area contributed by atoms with Crippen molar-refractivity contribution in [3.8, 4) is 33.4 Å². The molecule has 0 radical (unpaired) electrons. The van der Waals surface area contributed by atoms with Gasteiger partial charge in [-0.05, 0) is 94.7 Å². The molecule has 0 amide bonds. The monoisotopic (exact) mass is 1040 g/mol. The predicted octanol–water partition coefficient (Wildman–Crippen LogP) is 9.15. The van der Waals surface area contributed by atoms with Crippen molar-refractivity contribution in [1.29, 1.82) is 0 Å². The molecule has 0 spiro atoms. The molecular formula is C57H39N9Pt-2. The molecule has 8 heterocycles. The molecule has 0 aliphatic heterocycles. The van der Waals surface area contributed by atoms with Crippen LogP contribution < -0.4 is 4.57 Å². The van der Waals surface area contributed by atoms with Gasteiger partial charge < -0.3 is 9.13 Å². The van der Waals surface area contributed by atoms with E-state index in [1.165, 1.54) is 5.56 Å². The van der Waals surface area contributed by atoms with E-state index in [9.17, 15) is 0 Å². The first-order valence-electron chi connectivity index (χ1n) is 22.1. The van der Waals surface area contributed by atoms with Crippen LogP contribution in [0.2, 0.25) is 0 Å². The minimum absolute atomic E-state index is 0. The van der Waals surface area contributed by atoms with Gasteiger partial charge in [0.2, 0.25) is 6.33 Å². The topological polar surface area (TPSA) is 99.0 Å². The molecule has 67 heavy (non-hydrogen) atoms. The molecule has 2 aromatic carbocycles. The number of hydrogen-bond donors (Lipinski definition) is 0. The number of aromatic nitrogens is 9. The Morgan fingerprint density at radius 1 is 0.493 bits per heavy atom. The zero-order valence-electron chi connectivity index (χ0n) is 36.7. The van der Waals surface area contributed by atoms with Crippen LogP contribution in [0, 0.1) is 18.5 Å². The summed E-state index contributed by atoms with van der Waals surface area (Å²) in [5, 5.41) is 0. The Morgan fingerprint density at radius 3 is 1.34 bits per heavy atom. The molecule has 0 unspecified atom stereocenters. The zero-order valence-corrected chi connectivity index (χ0v) is 38.9. The maximum absolute atomic E-state index is 5.26. The van der Waals surface area contributed by atoms with Crippen molar-refractivity contribution in [3.63, 3.8) is 0 Å². The Morgan fingerprint density at radius 2 is 0.896 bits per heavy atom. The maximum atomic E-state index is 5.26. The molecule has 8 aromatic heterocycles. The molecule has 10 aromatic rings. The molecular weight excluding hydrogens is 1010 g/mol. The normalized spacial score (nSPS) is 14.9. The number of benzene rings is 2. The van der Waals surface area contributed by atoms with Crippen LogP contribution in [-0.4, -0.2) is 39.5 Å². The number of pyridine rings is 7. The van der Waals surface area contributed by atoms with Crippen molar-refractivity contribution in [2.24, 2.45) is 7.05 Å². The smallest absolute Gasteiger partial charge is 0.204 e. The summed E-state index contributed by atoms with van der Waals surface area (Å²) in [6, 6.07) is 38.8. The second kappa shape index (κ2) is 15.2. The van der Waals surface area contributed by atoms with E-state index in [4.69, 9.17) is 15.0 Å². The Balaban J connectivity index is 0.00000468. The van der Waals surface area contributed by atoms with Crippen LogP contribution in [0.1, 0.15) is 86.7 Å². The van der Waals surface area contributed by atoms with Gasteiger partial charge in [-0.2, -0.15) is 48.5 Å². The van der Waals surface area contributed by atoms with Crippen molar-refractivity contribution in [2.75, 3.05) is 0 Å². The van der Waals surface area contributed by atoms with Crippen LogP contribution in [0.3, 0.4) is 0 Å². The van der Waals surface area contributed by atoms with Crippen molar-refractivity contribution in [2.45, 2.75) is 36.1 Å². The third-order valence-corrected chi connectivity index (χ3v) is 14.3. The Bertz CT molecular complexity index is 3460. The number of nitrogens with zero attached hydrogens (tertiary/aromatic N) is 9. The summed E-state index contributed by atoms with van der Waals surface area (Å²) in [6.45, 7) is 4.45. The van der Waals surface area contributed by atoms with E-state index in [1.807, 2.05) is 98.4 Å². The predicted molar refractivity (Wildman–Crippen MR) is 249 cm³/mol. The van der Waals surface area contributed by atoms with Gasteiger partial charge in [0.05, 0.1) is 18.2 Å². The van der Waals surface area contributed by atoms with Gasteiger partial charge in [-0.25, -0.2) is 0 Å². The summed E-state index contributed by atoms with van der Waals surface area (Å²) in [7, 11) is 2.00. The van der Waals surface area contributed by atoms with Crippen LogP contribution in [0.25, 0.3) is 33.4 Å². The SMILES string of the molecule is CC(C)c1ccnc(C2(c3[c-]c(C4(c5[c-]c(C6(n7[c-][n+](C)cc7)c7ccncc7-c7cnccc76)ccc5)c5ccncc5-c5cnccc54)ccc3)c3ccncc3-c3cnccc32)c1.[Pt]. The van der Waals surface area contributed by atoms with E-state index in [2.05, 4.69) is 148 Å². The quantitative estimate of drug-likeness (QED) is 0.116. The average Bonchev–Trinajstić information content (AvgIpc) is 4.11. The van der Waals surface area contributed by atoms with E-state index in [1.54, 1.807) is 0 Å². The first-order chi connectivity index (χ1) is 32.5. The van der Waals surface area contributed by atoms with E-state index < -0.39 is 16.4 Å². The van der Waals surface area contributed by atoms with Crippen molar-refractivity contribution in [3.05, 3.63) is 263 Å². The van der Waals surface area contributed by atoms with Crippen LogP contribution >= 0.6 is 0 Å². The van der Waals surface area contributed by atoms with Gasteiger partial charge in [0.25, 0.3) is 0 Å². The van der Waals surface area contributed by atoms with Crippen molar-refractivity contribution < 1.29 is 25.6 Å². The Labute approximate surface area is 402 Å². The number of imidazole rings is 1. The molecule has 0 bridgehead atoms. The Hall–Kier alpha value is -7.61. The van der Waals surface area contributed by atoms with Crippen molar-refractivity contribution in [1.82, 2.24) is 39.5 Å². The molecule has 3 aliphatic carbocycles. The van der Waals surface area contributed by atoms with Crippen LogP contribution in [0.5, 0.6) is 0 Å². The van der Waals surface area contributed by atoms with Crippen LogP contribution in [0.15, 0.2) is 178 Å². The van der Waals surface area contributed by atoms with E-state index in [-0.39, 0.29) is 27.0 Å². The van der Waals surface area contributed by atoms with Gasteiger partial charge in [-0.15, -0.1) is 22.3 Å². The molecule has 0 saturated heterocycles. The fourth-order valence-electron chi connectivity index (χ4n) is 11.5. The summed E-state index contributed by atoms with van der Waals surface area (Å²) in [5.41, 5.74) is 15.9. The van der Waals surface area contributed by atoms with Gasteiger partial charge in [0.1, 0.15) is 5.54 Å². The molecule has 0 N–H and O–H groups in total. The van der Waals surface area contributed by atoms with Gasteiger partial charge in [0, 0.05) is 152 Å². The molecule has 10 heteroatoms. The van der Waals surface area contributed by atoms with Crippen LogP contribution in [-0.2, 0) is 44.5 Å². The van der Waals surface area contributed by atoms with Crippen LogP contribution in [0.4, 0.5) is 0 Å². The molecule has 0 fully saturated rings. The van der Waals surface area contributed by atoms with E-state index >= 15 is 0 Å². The molecule has 0 atom stereocenters. The summed E-state index contributed by atoms with van der Waals surface area (Å²) in [6.07, 6.45) is 32.8. The zero-order chi connectivity index (χ0) is 44.2. The number of rotatable bonds is 7. The molecule has 3 aliphatic rings. The summed E-state index contributed by atoms with van der Waals surface area (Å²) >= 11 is 0. The van der Waals surface area contributed by atoms with Gasteiger partial charge >= 0.3 is 0 Å². The maximum Gasteiger partial charge on any atom is 0.204 e. The second-order valence-electron chi connectivity index (χ2n) is 17.7. The van der Waals surface area contributed by atoms with Gasteiger partial charge in [-0.3, -0.25) is 34.9 Å². The molecule has 13 rings (SSSR count). The van der Waals surface area contributed by atoms with Gasteiger partial charge in [0.15, 0.2) is 0 Å². The number of aryl methyl sites for hydroxylation is 1. The van der Waals surface area contributed by atoms with E-state index in [0.717, 1.165) is 94.7 Å². The first kappa shape index (κ1) is 40.9. The second-order valence-corrected chi connectivity index (χ2v) is 17.7. The summed E-state index contributed by atoms with van der Waals surface area (Å²) in [5.74, 6) is 0.287. The minimum atomic E-state index is -0.926. The van der Waals surface area contributed by atoms with E-state index in [0.29, 0.717) is 0 Å². The molecule has 0 saturated carbocycles. The van der Waals surface area contributed by atoms with Gasteiger partial charge in [-0.1, -0.05) is 13.8 Å².